The first-order valence-corrected chi connectivity index (χ1v) is 8.87. The van der Waals surface area contributed by atoms with Crippen LogP contribution in [0.5, 0.6) is 0 Å². The molecule has 2 heterocycles. The Bertz CT molecular complexity index is 812. The fourth-order valence-corrected chi connectivity index (χ4v) is 3.89. The highest BCUT2D eigenvalue weighted by atomic mass is 32.1. The van der Waals surface area contributed by atoms with Crippen molar-refractivity contribution in [1.82, 2.24) is 10.3 Å². The molecule has 1 aromatic carbocycles. The number of hydrogen-bond acceptors (Lipinski definition) is 4. The SMILES string of the molecule is Cc1nc(-c2cccc(F)c2)sc1CCNC(=O)c1cccs1. The molecular formula is C17H15FN2OS2. The molecule has 1 amide bonds. The third-order valence-corrected chi connectivity index (χ3v) is 5.48. The van der Waals surface area contributed by atoms with Crippen LogP contribution in [0.1, 0.15) is 20.2 Å². The predicted molar refractivity (Wildman–Crippen MR) is 92.6 cm³/mol. The molecule has 0 aliphatic carbocycles. The average molecular weight is 346 g/mol. The fraction of sp³-hybridized carbons (Fsp3) is 0.176. The molecule has 3 rings (SSSR count). The second-order valence-corrected chi connectivity index (χ2v) is 7.05. The van der Waals surface area contributed by atoms with Crippen LogP contribution in [0, 0.1) is 12.7 Å². The van der Waals surface area contributed by atoms with Gasteiger partial charge < -0.3 is 5.32 Å². The number of nitrogens with one attached hydrogen (secondary N) is 1. The summed E-state index contributed by atoms with van der Waals surface area (Å²) in [6.45, 7) is 2.50. The van der Waals surface area contributed by atoms with Gasteiger partial charge in [0.05, 0.1) is 10.6 Å². The van der Waals surface area contributed by atoms with Gasteiger partial charge in [0.2, 0.25) is 0 Å². The lowest BCUT2D eigenvalue weighted by Crippen LogP contribution is -2.24. The van der Waals surface area contributed by atoms with Gasteiger partial charge in [-0.1, -0.05) is 18.2 Å². The van der Waals surface area contributed by atoms with Crippen LogP contribution in [-0.4, -0.2) is 17.4 Å². The number of carbonyl (C=O) groups is 1. The summed E-state index contributed by atoms with van der Waals surface area (Å²) in [7, 11) is 0. The minimum absolute atomic E-state index is 0.0486. The van der Waals surface area contributed by atoms with E-state index in [1.807, 2.05) is 24.4 Å². The first-order chi connectivity index (χ1) is 11.1. The number of rotatable bonds is 5. The van der Waals surface area contributed by atoms with E-state index in [4.69, 9.17) is 0 Å². The molecule has 0 unspecified atom stereocenters. The van der Waals surface area contributed by atoms with Gasteiger partial charge in [-0.3, -0.25) is 4.79 Å². The summed E-state index contributed by atoms with van der Waals surface area (Å²) >= 11 is 2.97. The monoisotopic (exact) mass is 346 g/mol. The summed E-state index contributed by atoms with van der Waals surface area (Å²) in [5.41, 5.74) is 1.71. The van der Waals surface area contributed by atoms with Crippen molar-refractivity contribution in [3.63, 3.8) is 0 Å². The molecule has 118 valence electrons. The first-order valence-electron chi connectivity index (χ1n) is 7.17. The molecule has 0 saturated carbocycles. The Balaban J connectivity index is 1.64. The van der Waals surface area contributed by atoms with Crippen LogP contribution < -0.4 is 5.32 Å². The van der Waals surface area contributed by atoms with Gasteiger partial charge in [-0.2, -0.15) is 0 Å². The van der Waals surface area contributed by atoms with Gasteiger partial charge in [0.25, 0.3) is 5.91 Å². The maximum absolute atomic E-state index is 13.3. The quantitative estimate of drug-likeness (QED) is 0.749. The highest BCUT2D eigenvalue weighted by Crippen LogP contribution is 2.28. The van der Waals surface area contributed by atoms with E-state index in [0.717, 1.165) is 27.6 Å². The Morgan fingerprint density at radius 1 is 1.30 bits per heavy atom. The van der Waals surface area contributed by atoms with Crippen molar-refractivity contribution in [2.24, 2.45) is 0 Å². The highest BCUT2D eigenvalue weighted by Gasteiger charge is 2.11. The molecule has 0 atom stereocenters. The van der Waals surface area contributed by atoms with E-state index in [0.29, 0.717) is 11.4 Å². The molecule has 0 aliphatic heterocycles. The third-order valence-electron chi connectivity index (χ3n) is 3.35. The summed E-state index contributed by atoms with van der Waals surface area (Å²) in [6.07, 6.45) is 0.718. The molecule has 2 aromatic heterocycles. The largest absolute Gasteiger partial charge is 0.351 e. The molecule has 0 bridgehead atoms. The predicted octanol–water partition coefficient (Wildman–Crippen LogP) is 4.29. The molecule has 3 aromatic rings. The number of thiazole rings is 1. The van der Waals surface area contributed by atoms with E-state index in [-0.39, 0.29) is 11.7 Å². The van der Waals surface area contributed by atoms with Crippen molar-refractivity contribution in [2.75, 3.05) is 6.54 Å². The minimum Gasteiger partial charge on any atom is -0.351 e. The van der Waals surface area contributed by atoms with Gasteiger partial charge in [0.15, 0.2) is 0 Å². The molecule has 1 N–H and O–H groups in total. The van der Waals surface area contributed by atoms with E-state index < -0.39 is 0 Å². The smallest absolute Gasteiger partial charge is 0.261 e. The summed E-state index contributed by atoms with van der Waals surface area (Å²) in [5, 5.41) is 5.60. The summed E-state index contributed by atoms with van der Waals surface area (Å²) in [5.74, 6) is -0.312. The fourth-order valence-electron chi connectivity index (χ4n) is 2.19. The summed E-state index contributed by atoms with van der Waals surface area (Å²) in [4.78, 5) is 18.2. The van der Waals surface area contributed by atoms with Crippen molar-refractivity contribution < 1.29 is 9.18 Å². The number of halogens is 1. The number of hydrogen-bond donors (Lipinski definition) is 1. The molecule has 0 saturated heterocycles. The molecule has 0 fully saturated rings. The van der Waals surface area contributed by atoms with Gasteiger partial charge in [-0.25, -0.2) is 9.37 Å². The molecule has 0 aliphatic rings. The van der Waals surface area contributed by atoms with Gasteiger partial charge in [-0.05, 0) is 30.5 Å². The zero-order valence-electron chi connectivity index (χ0n) is 12.5. The van der Waals surface area contributed by atoms with Crippen molar-refractivity contribution in [1.29, 1.82) is 0 Å². The number of thiophene rings is 1. The van der Waals surface area contributed by atoms with E-state index in [2.05, 4.69) is 10.3 Å². The van der Waals surface area contributed by atoms with Crippen LogP contribution in [0.25, 0.3) is 10.6 Å². The van der Waals surface area contributed by atoms with E-state index in [1.54, 1.807) is 23.5 Å². The van der Waals surface area contributed by atoms with Crippen LogP contribution in [0.2, 0.25) is 0 Å². The molecule has 6 heteroatoms. The van der Waals surface area contributed by atoms with E-state index >= 15 is 0 Å². The van der Waals surface area contributed by atoms with Crippen molar-refractivity contribution >= 4 is 28.6 Å². The maximum Gasteiger partial charge on any atom is 0.261 e. The molecule has 0 spiro atoms. The Labute approximate surface area is 141 Å². The normalized spacial score (nSPS) is 10.7. The number of nitrogens with zero attached hydrogens (tertiary/aromatic N) is 1. The number of amides is 1. The first kappa shape index (κ1) is 15.8. The minimum atomic E-state index is -0.264. The highest BCUT2D eigenvalue weighted by molar-refractivity contribution is 7.15. The zero-order valence-corrected chi connectivity index (χ0v) is 14.1. The Morgan fingerprint density at radius 2 is 2.17 bits per heavy atom. The lowest BCUT2D eigenvalue weighted by molar-refractivity contribution is 0.0958. The second kappa shape index (κ2) is 7.02. The van der Waals surface area contributed by atoms with E-state index in [9.17, 15) is 9.18 Å². The number of aryl methyl sites for hydroxylation is 1. The Hall–Kier alpha value is -2.05. The van der Waals surface area contributed by atoms with Crippen molar-refractivity contribution in [3.8, 4) is 10.6 Å². The van der Waals surface area contributed by atoms with Crippen LogP contribution in [0.15, 0.2) is 41.8 Å². The van der Waals surface area contributed by atoms with Gasteiger partial charge in [0, 0.05) is 23.4 Å². The topological polar surface area (TPSA) is 42.0 Å². The summed E-state index contributed by atoms with van der Waals surface area (Å²) < 4.78 is 13.3. The standard InChI is InChI=1S/C17H15FN2OS2/c1-11-14(7-8-19-16(21)15-6-3-9-22-15)23-17(20-11)12-4-2-5-13(18)10-12/h2-6,9-10H,7-8H2,1H3,(H,19,21). The van der Waals surface area contributed by atoms with Gasteiger partial charge in [-0.15, -0.1) is 22.7 Å². The lowest BCUT2D eigenvalue weighted by Gasteiger charge is -2.02. The van der Waals surface area contributed by atoms with Crippen LogP contribution in [0.3, 0.4) is 0 Å². The average Bonchev–Trinajstić information content (AvgIpc) is 3.18. The van der Waals surface area contributed by atoms with Crippen LogP contribution in [0.4, 0.5) is 4.39 Å². The van der Waals surface area contributed by atoms with E-state index in [1.165, 1.54) is 23.5 Å². The maximum atomic E-state index is 13.3. The molecule has 23 heavy (non-hydrogen) atoms. The number of aromatic nitrogens is 1. The van der Waals surface area contributed by atoms with Crippen LogP contribution >= 0.6 is 22.7 Å². The molecule has 0 radical (unpaired) electrons. The van der Waals surface area contributed by atoms with Gasteiger partial charge >= 0.3 is 0 Å². The van der Waals surface area contributed by atoms with Crippen molar-refractivity contribution in [3.05, 3.63) is 63.0 Å². The second-order valence-electron chi connectivity index (χ2n) is 5.02. The number of benzene rings is 1. The molecular weight excluding hydrogens is 331 g/mol. The Kier molecular flexibility index (Phi) is 4.83. The van der Waals surface area contributed by atoms with Crippen molar-refractivity contribution in [2.45, 2.75) is 13.3 Å². The summed E-state index contributed by atoms with van der Waals surface area (Å²) in [6, 6.07) is 10.1. The van der Waals surface area contributed by atoms with Gasteiger partial charge in [0.1, 0.15) is 10.8 Å². The lowest BCUT2D eigenvalue weighted by atomic mass is 10.2. The number of carbonyl (C=O) groups excluding carboxylic acids is 1. The zero-order chi connectivity index (χ0) is 16.2. The third kappa shape index (κ3) is 3.83. The van der Waals surface area contributed by atoms with Crippen LogP contribution in [-0.2, 0) is 6.42 Å². The molecule has 3 nitrogen and oxygen atoms in total. The Morgan fingerprint density at radius 3 is 2.91 bits per heavy atom.